The van der Waals surface area contributed by atoms with Crippen LogP contribution in [0.5, 0.6) is 11.5 Å². The summed E-state index contributed by atoms with van der Waals surface area (Å²) in [6.45, 7) is 0.603. The molecule has 0 amide bonds. The molecule has 3 rings (SSSR count). The Morgan fingerprint density at radius 1 is 1.14 bits per heavy atom. The third-order valence-corrected chi connectivity index (χ3v) is 3.87. The van der Waals surface area contributed by atoms with Gasteiger partial charge in [-0.05, 0) is 30.5 Å². The van der Waals surface area contributed by atoms with Gasteiger partial charge in [-0.3, -0.25) is 4.79 Å². The van der Waals surface area contributed by atoms with E-state index in [4.69, 9.17) is 9.47 Å². The summed E-state index contributed by atoms with van der Waals surface area (Å²) in [6.07, 6.45) is -3.67. The van der Waals surface area contributed by atoms with E-state index >= 15 is 0 Å². The maximum atomic E-state index is 13.3. The summed E-state index contributed by atoms with van der Waals surface area (Å²) < 4.78 is 50.4. The molecule has 21 heavy (non-hydrogen) atoms. The monoisotopic (exact) mass is 302 g/mol. The van der Waals surface area contributed by atoms with Gasteiger partial charge in [0.25, 0.3) is 0 Å². The summed E-state index contributed by atoms with van der Waals surface area (Å²) in [5.41, 5.74) is -2.63. The van der Waals surface area contributed by atoms with E-state index in [1.54, 1.807) is 0 Å². The van der Waals surface area contributed by atoms with Gasteiger partial charge in [0.2, 0.25) is 0 Å². The minimum atomic E-state index is -4.63. The van der Waals surface area contributed by atoms with Crippen LogP contribution >= 0.6 is 0 Å². The minimum absolute atomic E-state index is 0.0183. The second-order valence-corrected chi connectivity index (χ2v) is 5.28. The van der Waals surface area contributed by atoms with Crippen LogP contribution in [0, 0.1) is 0 Å². The molecule has 0 spiro atoms. The molecule has 0 radical (unpaired) electrons. The number of fused-ring (bicyclic) bond motifs is 1. The first kappa shape index (κ1) is 14.0. The van der Waals surface area contributed by atoms with Gasteiger partial charge in [0, 0.05) is 6.42 Å². The quantitative estimate of drug-likeness (QED) is 0.912. The summed E-state index contributed by atoms with van der Waals surface area (Å²) >= 11 is 0. The van der Waals surface area contributed by atoms with Gasteiger partial charge in [0.1, 0.15) is 0 Å². The third-order valence-electron chi connectivity index (χ3n) is 3.87. The van der Waals surface area contributed by atoms with Crippen molar-refractivity contribution in [3.05, 3.63) is 23.3 Å². The number of rotatable bonds is 2. The molecule has 2 aliphatic rings. The van der Waals surface area contributed by atoms with E-state index in [1.807, 2.05) is 0 Å². The molecular weight excluding hydrogens is 289 g/mol. The fourth-order valence-corrected chi connectivity index (χ4v) is 2.56. The lowest BCUT2D eigenvalue weighted by Gasteiger charge is -2.20. The Balaban J connectivity index is 2.18. The van der Waals surface area contributed by atoms with Crippen molar-refractivity contribution in [1.29, 1.82) is 0 Å². The highest BCUT2D eigenvalue weighted by Gasteiger charge is 2.55. The number of ether oxygens (including phenoxy) is 2. The van der Waals surface area contributed by atoms with E-state index < -0.39 is 23.1 Å². The van der Waals surface area contributed by atoms with E-state index in [1.165, 1.54) is 6.07 Å². The van der Waals surface area contributed by atoms with Gasteiger partial charge in [-0.1, -0.05) is 0 Å². The predicted molar refractivity (Wildman–Crippen MR) is 65.6 cm³/mol. The second kappa shape index (κ2) is 4.54. The van der Waals surface area contributed by atoms with E-state index in [9.17, 15) is 23.1 Å². The second-order valence-electron chi connectivity index (χ2n) is 5.28. The van der Waals surface area contributed by atoms with Crippen molar-refractivity contribution in [2.24, 2.45) is 0 Å². The molecule has 1 aliphatic heterocycles. The number of carbonyl (C=O) groups is 1. The molecule has 114 valence electrons. The molecule has 0 saturated heterocycles. The van der Waals surface area contributed by atoms with Crippen molar-refractivity contribution < 1.29 is 32.5 Å². The van der Waals surface area contributed by atoms with Gasteiger partial charge in [-0.25, -0.2) is 0 Å². The van der Waals surface area contributed by atoms with Crippen LogP contribution in [0.2, 0.25) is 0 Å². The van der Waals surface area contributed by atoms with Crippen LogP contribution in [-0.2, 0) is 16.4 Å². The number of benzene rings is 1. The Labute approximate surface area is 118 Å². The highest BCUT2D eigenvalue weighted by molar-refractivity contribution is 5.86. The Bertz CT molecular complexity index is 591. The SMILES string of the molecule is O=C(O)C1(c2cc3c(cc2C(F)(F)F)OCCCO3)CC1. The van der Waals surface area contributed by atoms with Crippen molar-refractivity contribution >= 4 is 5.97 Å². The van der Waals surface area contributed by atoms with Gasteiger partial charge < -0.3 is 14.6 Å². The molecular formula is C14H13F3O4. The molecule has 0 bridgehead atoms. The first-order valence-electron chi connectivity index (χ1n) is 6.59. The zero-order valence-corrected chi connectivity index (χ0v) is 11.0. The summed E-state index contributed by atoms with van der Waals surface area (Å²) in [7, 11) is 0. The number of aliphatic carboxylic acids is 1. The molecule has 1 aromatic carbocycles. The predicted octanol–water partition coefficient (Wildman–Crippen LogP) is 2.98. The van der Waals surface area contributed by atoms with Crippen LogP contribution in [0.15, 0.2) is 12.1 Å². The molecule has 1 aliphatic carbocycles. The zero-order valence-electron chi connectivity index (χ0n) is 11.0. The van der Waals surface area contributed by atoms with E-state index in [0.717, 1.165) is 6.07 Å². The lowest BCUT2D eigenvalue weighted by Crippen LogP contribution is -2.24. The van der Waals surface area contributed by atoms with Crippen LogP contribution in [0.3, 0.4) is 0 Å². The normalized spacial score (nSPS) is 19.8. The minimum Gasteiger partial charge on any atom is -0.490 e. The van der Waals surface area contributed by atoms with E-state index in [2.05, 4.69) is 0 Å². The summed E-state index contributed by atoms with van der Waals surface area (Å²) in [5, 5.41) is 9.27. The summed E-state index contributed by atoms with van der Waals surface area (Å²) in [5.74, 6) is -1.03. The number of carboxylic acid groups (broad SMARTS) is 1. The standard InChI is InChI=1S/C14H13F3O4/c15-14(16,17)9-7-11-10(20-4-1-5-21-11)6-8(9)13(2-3-13)12(18)19/h6-7H,1-5H2,(H,18,19). The van der Waals surface area contributed by atoms with Crippen LogP contribution in [-0.4, -0.2) is 24.3 Å². The Morgan fingerprint density at radius 2 is 1.71 bits per heavy atom. The maximum absolute atomic E-state index is 13.3. The maximum Gasteiger partial charge on any atom is 0.416 e. The highest BCUT2D eigenvalue weighted by atomic mass is 19.4. The molecule has 0 atom stereocenters. The van der Waals surface area contributed by atoms with Gasteiger partial charge in [-0.15, -0.1) is 0 Å². The zero-order chi connectivity index (χ0) is 15.3. The van der Waals surface area contributed by atoms with Gasteiger partial charge in [0.15, 0.2) is 11.5 Å². The molecule has 1 saturated carbocycles. The average Bonchev–Trinajstić information content (AvgIpc) is 3.20. The molecule has 7 heteroatoms. The Kier molecular flexibility index (Phi) is 3.04. The average molecular weight is 302 g/mol. The fraction of sp³-hybridized carbons (Fsp3) is 0.500. The number of hydrogen-bond donors (Lipinski definition) is 1. The first-order chi connectivity index (χ1) is 9.84. The van der Waals surface area contributed by atoms with Crippen molar-refractivity contribution in [2.75, 3.05) is 13.2 Å². The topological polar surface area (TPSA) is 55.8 Å². The van der Waals surface area contributed by atoms with Crippen LogP contribution in [0.25, 0.3) is 0 Å². The number of hydrogen-bond acceptors (Lipinski definition) is 3. The van der Waals surface area contributed by atoms with Crippen LogP contribution in [0.1, 0.15) is 30.4 Å². The van der Waals surface area contributed by atoms with Crippen LogP contribution < -0.4 is 9.47 Å². The molecule has 4 nitrogen and oxygen atoms in total. The van der Waals surface area contributed by atoms with Crippen molar-refractivity contribution in [2.45, 2.75) is 30.9 Å². The van der Waals surface area contributed by atoms with Gasteiger partial charge in [-0.2, -0.15) is 13.2 Å². The molecule has 0 aromatic heterocycles. The summed E-state index contributed by atoms with van der Waals surface area (Å²) in [6, 6.07) is 2.05. The van der Waals surface area contributed by atoms with Crippen molar-refractivity contribution in [3.8, 4) is 11.5 Å². The number of halogens is 3. The Morgan fingerprint density at radius 3 is 2.19 bits per heavy atom. The van der Waals surface area contributed by atoms with Crippen molar-refractivity contribution in [1.82, 2.24) is 0 Å². The van der Waals surface area contributed by atoms with Crippen LogP contribution in [0.4, 0.5) is 13.2 Å². The lowest BCUT2D eigenvalue weighted by atomic mass is 9.90. The first-order valence-corrected chi connectivity index (χ1v) is 6.59. The fourth-order valence-electron chi connectivity index (χ4n) is 2.56. The smallest absolute Gasteiger partial charge is 0.416 e. The van der Waals surface area contributed by atoms with E-state index in [-0.39, 0.29) is 36.5 Å². The highest BCUT2D eigenvalue weighted by Crippen LogP contribution is 2.54. The number of alkyl halides is 3. The van der Waals surface area contributed by atoms with Gasteiger partial charge >= 0.3 is 12.1 Å². The summed E-state index contributed by atoms with van der Waals surface area (Å²) in [4.78, 5) is 11.4. The molecule has 1 N–H and O–H groups in total. The lowest BCUT2D eigenvalue weighted by molar-refractivity contribution is -0.142. The Hall–Kier alpha value is -1.92. The third kappa shape index (κ3) is 2.30. The van der Waals surface area contributed by atoms with Gasteiger partial charge in [0.05, 0.1) is 24.2 Å². The molecule has 1 heterocycles. The molecule has 0 unspecified atom stereocenters. The largest absolute Gasteiger partial charge is 0.490 e. The van der Waals surface area contributed by atoms with Crippen molar-refractivity contribution in [3.63, 3.8) is 0 Å². The number of carboxylic acids is 1. The van der Waals surface area contributed by atoms with E-state index in [0.29, 0.717) is 13.0 Å². The molecule has 1 aromatic rings. The molecule has 1 fully saturated rings.